The highest BCUT2D eigenvalue weighted by molar-refractivity contribution is 5.78. The molecule has 2 N–H and O–H groups in total. The summed E-state index contributed by atoms with van der Waals surface area (Å²) in [5, 5.41) is 0. The van der Waals surface area contributed by atoms with Crippen molar-refractivity contribution in [3.8, 4) is 17.5 Å². The predicted octanol–water partition coefficient (Wildman–Crippen LogP) is 1.52. The first-order chi connectivity index (χ1) is 9.15. The number of benzene rings is 1. The van der Waals surface area contributed by atoms with Crippen molar-refractivity contribution >= 4 is 5.91 Å². The Morgan fingerprint density at radius 2 is 1.74 bits per heavy atom. The Bertz CT molecular complexity index is 543. The molecule has 0 saturated heterocycles. The van der Waals surface area contributed by atoms with Crippen LogP contribution in [0.15, 0.2) is 42.7 Å². The molecule has 98 valence electrons. The normalized spacial score (nSPS) is 11.6. The minimum Gasteiger partial charge on any atom is -0.481 e. The molecule has 6 heteroatoms. The van der Waals surface area contributed by atoms with Crippen LogP contribution in [0.3, 0.4) is 0 Å². The van der Waals surface area contributed by atoms with Gasteiger partial charge >= 0.3 is 6.01 Å². The molecular weight excluding hydrogens is 246 g/mol. The molecule has 1 heterocycles. The molecule has 6 nitrogen and oxygen atoms in total. The fourth-order valence-corrected chi connectivity index (χ4v) is 1.29. The molecule has 19 heavy (non-hydrogen) atoms. The lowest BCUT2D eigenvalue weighted by Crippen LogP contribution is -2.30. The van der Waals surface area contributed by atoms with E-state index in [9.17, 15) is 4.79 Å². The lowest BCUT2D eigenvalue weighted by molar-refractivity contribution is -0.123. The largest absolute Gasteiger partial charge is 0.481 e. The molecule has 1 unspecified atom stereocenters. The minimum absolute atomic E-state index is 0.265. The van der Waals surface area contributed by atoms with Gasteiger partial charge in [0.15, 0.2) is 6.10 Å². The molecule has 0 radical (unpaired) electrons. The van der Waals surface area contributed by atoms with E-state index in [4.69, 9.17) is 15.2 Å². The van der Waals surface area contributed by atoms with Gasteiger partial charge < -0.3 is 15.2 Å². The van der Waals surface area contributed by atoms with E-state index in [2.05, 4.69) is 9.97 Å². The number of primary amides is 1. The Kier molecular flexibility index (Phi) is 3.92. The molecule has 0 saturated carbocycles. The smallest absolute Gasteiger partial charge is 0.321 e. The fourth-order valence-electron chi connectivity index (χ4n) is 1.29. The third kappa shape index (κ3) is 3.67. The maximum absolute atomic E-state index is 10.9. The van der Waals surface area contributed by atoms with Crippen LogP contribution in [0.2, 0.25) is 0 Å². The number of ether oxygens (including phenoxy) is 2. The van der Waals surface area contributed by atoms with Gasteiger partial charge in [-0.3, -0.25) is 4.79 Å². The summed E-state index contributed by atoms with van der Waals surface area (Å²) in [6, 6.07) is 8.71. The summed E-state index contributed by atoms with van der Waals surface area (Å²) in [6.45, 7) is 1.59. The number of aromatic nitrogens is 2. The van der Waals surface area contributed by atoms with Crippen LogP contribution in [0, 0.1) is 0 Å². The van der Waals surface area contributed by atoms with Crippen molar-refractivity contribution in [3.63, 3.8) is 0 Å². The summed E-state index contributed by atoms with van der Waals surface area (Å²) < 4.78 is 10.7. The maximum Gasteiger partial charge on any atom is 0.321 e. The Morgan fingerprint density at radius 3 is 2.32 bits per heavy atom. The number of nitrogens with two attached hydrogens (primary N) is 1. The molecule has 1 atom stereocenters. The maximum atomic E-state index is 10.9. The first-order valence-electron chi connectivity index (χ1n) is 5.66. The summed E-state index contributed by atoms with van der Waals surface area (Å²) in [6.07, 6.45) is 2.51. The van der Waals surface area contributed by atoms with Crippen LogP contribution in [-0.2, 0) is 4.79 Å². The average Bonchev–Trinajstić information content (AvgIpc) is 2.42. The molecule has 0 aliphatic heterocycles. The zero-order chi connectivity index (χ0) is 13.7. The van der Waals surface area contributed by atoms with Crippen LogP contribution in [-0.4, -0.2) is 22.0 Å². The summed E-state index contributed by atoms with van der Waals surface area (Å²) in [5.41, 5.74) is 5.11. The molecular formula is C13H13N3O3. The van der Waals surface area contributed by atoms with Crippen molar-refractivity contribution in [2.24, 2.45) is 5.73 Å². The molecule has 0 spiro atoms. The molecule has 1 aromatic carbocycles. The van der Waals surface area contributed by atoms with Crippen LogP contribution in [0.5, 0.6) is 17.5 Å². The second-order valence-corrected chi connectivity index (χ2v) is 3.77. The molecule has 1 amide bonds. The molecule has 2 aromatic rings. The topological polar surface area (TPSA) is 87.3 Å². The summed E-state index contributed by atoms with van der Waals surface area (Å²) in [5.74, 6) is 0.593. The van der Waals surface area contributed by atoms with Crippen molar-refractivity contribution in [2.75, 3.05) is 0 Å². The number of amides is 1. The standard InChI is InChI=1S/C13H13N3O3/c1-9(12(14)17)18-10-3-5-11(6-4-10)19-13-15-7-2-8-16-13/h2-9H,1H3,(H2,14,17). The highest BCUT2D eigenvalue weighted by Gasteiger charge is 2.10. The quantitative estimate of drug-likeness (QED) is 0.879. The van der Waals surface area contributed by atoms with Crippen molar-refractivity contribution in [1.29, 1.82) is 0 Å². The Morgan fingerprint density at radius 1 is 1.16 bits per heavy atom. The van der Waals surface area contributed by atoms with Gasteiger partial charge in [0.05, 0.1) is 0 Å². The van der Waals surface area contributed by atoms with Gasteiger partial charge in [-0.15, -0.1) is 0 Å². The van der Waals surface area contributed by atoms with E-state index >= 15 is 0 Å². The summed E-state index contributed by atoms with van der Waals surface area (Å²) in [7, 11) is 0. The van der Waals surface area contributed by atoms with Crippen molar-refractivity contribution in [2.45, 2.75) is 13.0 Å². The molecule has 0 bridgehead atoms. The van der Waals surface area contributed by atoms with Crippen molar-refractivity contribution < 1.29 is 14.3 Å². The van der Waals surface area contributed by atoms with Crippen molar-refractivity contribution in [3.05, 3.63) is 42.7 Å². The van der Waals surface area contributed by atoms with Crippen LogP contribution < -0.4 is 15.2 Å². The van der Waals surface area contributed by atoms with E-state index in [1.165, 1.54) is 0 Å². The molecule has 0 aliphatic rings. The first kappa shape index (κ1) is 12.8. The Balaban J connectivity index is 2.01. The van der Waals surface area contributed by atoms with Crippen LogP contribution in [0.1, 0.15) is 6.92 Å². The third-order valence-electron chi connectivity index (χ3n) is 2.29. The van der Waals surface area contributed by atoms with Crippen LogP contribution in [0.4, 0.5) is 0 Å². The molecule has 0 fully saturated rings. The van der Waals surface area contributed by atoms with Crippen LogP contribution in [0.25, 0.3) is 0 Å². The van der Waals surface area contributed by atoms with Gasteiger partial charge in [-0.05, 0) is 37.3 Å². The SMILES string of the molecule is CC(Oc1ccc(Oc2ncccn2)cc1)C(N)=O. The second-order valence-electron chi connectivity index (χ2n) is 3.77. The summed E-state index contributed by atoms with van der Waals surface area (Å²) in [4.78, 5) is 18.8. The monoisotopic (exact) mass is 259 g/mol. The number of carbonyl (C=O) groups excluding carboxylic acids is 1. The zero-order valence-electron chi connectivity index (χ0n) is 10.3. The molecule has 0 aliphatic carbocycles. The predicted molar refractivity (Wildman–Crippen MR) is 67.8 cm³/mol. The minimum atomic E-state index is -0.677. The van der Waals surface area contributed by atoms with E-state index in [1.807, 2.05) is 0 Å². The van der Waals surface area contributed by atoms with Gasteiger partial charge in [-0.2, -0.15) is 0 Å². The van der Waals surface area contributed by atoms with E-state index in [0.717, 1.165) is 0 Å². The van der Waals surface area contributed by atoms with Crippen LogP contribution >= 0.6 is 0 Å². The lowest BCUT2D eigenvalue weighted by Gasteiger charge is -2.11. The Labute approximate surface area is 110 Å². The number of carbonyl (C=O) groups is 1. The van der Waals surface area contributed by atoms with Gasteiger partial charge in [-0.1, -0.05) is 0 Å². The highest BCUT2D eigenvalue weighted by Crippen LogP contribution is 2.21. The van der Waals surface area contributed by atoms with Gasteiger partial charge in [-0.25, -0.2) is 9.97 Å². The average molecular weight is 259 g/mol. The first-order valence-corrected chi connectivity index (χ1v) is 5.66. The molecule has 1 aromatic heterocycles. The third-order valence-corrected chi connectivity index (χ3v) is 2.29. The van der Waals surface area contributed by atoms with Gasteiger partial charge in [0.2, 0.25) is 0 Å². The number of nitrogens with zero attached hydrogens (tertiary/aromatic N) is 2. The Hall–Kier alpha value is -2.63. The van der Waals surface area contributed by atoms with E-state index in [0.29, 0.717) is 11.5 Å². The highest BCUT2D eigenvalue weighted by atomic mass is 16.5. The summed E-state index contributed by atoms with van der Waals surface area (Å²) >= 11 is 0. The number of rotatable bonds is 5. The number of hydrogen-bond acceptors (Lipinski definition) is 5. The van der Waals surface area contributed by atoms with E-state index < -0.39 is 12.0 Å². The van der Waals surface area contributed by atoms with Gasteiger partial charge in [0.25, 0.3) is 5.91 Å². The van der Waals surface area contributed by atoms with E-state index in [-0.39, 0.29) is 6.01 Å². The molecule has 2 rings (SSSR count). The lowest BCUT2D eigenvalue weighted by atomic mass is 10.3. The zero-order valence-corrected chi connectivity index (χ0v) is 10.3. The van der Waals surface area contributed by atoms with Crippen molar-refractivity contribution in [1.82, 2.24) is 9.97 Å². The fraction of sp³-hybridized carbons (Fsp3) is 0.154. The second kappa shape index (κ2) is 5.81. The number of hydrogen-bond donors (Lipinski definition) is 1. The van der Waals surface area contributed by atoms with Gasteiger partial charge in [0, 0.05) is 12.4 Å². The van der Waals surface area contributed by atoms with Gasteiger partial charge in [0.1, 0.15) is 11.5 Å². The van der Waals surface area contributed by atoms with E-state index in [1.54, 1.807) is 49.6 Å².